The van der Waals surface area contributed by atoms with Gasteiger partial charge in [0.1, 0.15) is 12.4 Å². The SMILES string of the molecule is CCCCc1nc(COc2ccc(C3CCC(=O)N3)cc2)cs1. The van der Waals surface area contributed by atoms with Crippen LogP contribution in [0.3, 0.4) is 0 Å². The zero-order valence-electron chi connectivity index (χ0n) is 13.4. The van der Waals surface area contributed by atoms with Crippen LogP contribution < -0.4 is 10.1 Å². The molecule has 122 valence electrons. The highest BCUT2D eigenvalue weighted by atomic mass is 32.1. The summed E-state index contributed by atoms with van der Waals surface area (Å²) in [5.74, 6) is 0.971. The monoisotopic (exact) mass is 330 g/mol. The number of rotatable bonds is 7. The largest absolute Gasteiger partial charge is 0.487 e. The van der Waals surface area contributed by atoms with Crippen LogP contribution >= 0.6 is 11.3 Å². The maximum Gasteiger partial charge on any atom is 0.220 e. The molecule has 1 N–H and O–H groups in total. The molecule has 5 heteroatoms. The number of carbonyl (C=O) groups excluding carboxylic acids is 1. The van der Waals surface area contributed by atoms with E-state index in [9.17, 15) is 4.79 Å². The minimum atomic E-state index is 0.137. The van der Waals surface area contributed by atoms with Crippen LogP contribution in [0.4, 0.5) is 0 Å². The number of hydrogen-bond acceptors (Lipinski definition) is 4. The van der Waals surface area contributed by atoms with E-state index < -0.39 is 0 Å². The normalized spacial score (nSPS) is 17.3. The van der Waals surface area contributed by atoms with Crippen molar-refractivity contribution in [1.82, 2.24) is 10.3 Å². The maximum absolute atomic E-state index is 11.3. The number of amides is 1. The summed E-state index contributed by atoms with van der Waals surface area (Å²) in [5, 5.41) is 6.25. The molecule has 2 aromatic rings. The lowest BCUT2D eigenvalue weighted by Gasteiger charge is -2.11. The minimum Gasteiger partial charge on any atom is -0.487 e. The molecule has 1 aromatic carbocycles. The summed E-state index contributed by atoms with van der Waals surface area (Å²) >= 11 is 1.71. The highest BCUT2D eigenvalue weighted by Gasteiger charge is 2.21. The van der Waals surface area contributed by atoms with Crippen molar-refractivity contribution >= 4 is 17.2 Å². The van der Waals surface area contributed by atoms with Crippen LogP contribution in [0.25, 0.3) is 0 Å². The number of aryl methyl sites for hydroxylation is 1. The predicted molar refractivity (Wildman–Crippen MR) is 91.6 cm³/mol. The molecule has 1 saturated heterocycles. The number of carbonyl (C=O) groups is 1. The summed E-state index contributed by atoms with van der Waals surface area (Å²) < 4.78 is 5.81. The van der Waals surface area contributed by atoms with E-state index in [-0.39, 0.29) is 11.9 Å². The van der Waals surface area contributed by atoms with Crippen LogP contribution in [0.5, 0.6) is 5.75 Å². The van der Waals surface area contributed by atoms with Crippen LogP contribution in [0.1, 0.15) is 54.9 Å². The van der Waals surface area contributed by atoms with Crippen molar-refractivity contribution in [3.63, 3.8) is 0 Å². The van der Waals surface area contributed by atoms with Gasteiger partial charge in [0, 0.05) is 11.8 Å². The molecule has 0 spiro atoms. The fourth-order valence-electron chi connectivity index (χ4n) is 2.68. The Morgan fingerprint density at radius 1 is 1.35 bits per heavy atom. The summed E-state index contributed by atoms with van der Waals surface area (Å²) in [6.45, 7) is 2.69. The van der Waals surface area contributed by atoms with Gasteiger partial charge in [0.25, 0.3) is 0 Å². The summed E-state index contributed by atoms with van der Waals surface area (Å²) in [7, 11) is 0. The fraction of sp³-hybridized carbons (Fsp3) is 0.444. The molecule has 1 aromatic heterocycles. The first-order chi connectivity index (χ1) is 11.2. The van der Waals surface area contributed by atoms with Crippen LogP contribution in [0.15, 0.2) is 29.6 Å². The molecule has 3 rings (SSSR count). The highest BCUT2D eigenvalue weighted by Crippen LogP contribution is 2.25. The number of nitrogens with zero attached hydrogens (tertiary/aromatic N) is 1. The lowest BCUT2D eigenvalue weighted by atomic mass is 10.1. The van der Waals surface area contributed by atoms with Crippen LogP contribution in [-0.2, 0) is 17.8 Å². The third kappa shape index (κ3) is 4.32. The van der Waals surface area contributed by atoms with Crippen LogP contribution in [-0.4, -0.2) is 10.9 Å². The van der Waals surface area contributed by atoms with Crippen molar-refractivity contribution in [2.24, 2.45) is 0 Å². The molecule has 1 aliphatic heterocycles. The van der Waals surface area contributed by atoms with E-state index >= 15 is 0 Å². The molecule has 0 bridgehead atoms. The summed E-state index contributed by atoms with van der Waals surface area (Å²) in [5.41, 5.74) is 2.13. The molecule has 1 amide bonds. The van der Waals surface area contributed by atoms with Gasteiger partial charge in [-0.25, -0.2) is 4.98 Å². The van der Waals surface area contributed by atoms with Gasteiger partial charge in [0.2, 0.25) is 5.91 Å². The van der Waals surface area contributed by atoms with E-state index in [0.29, 0.717) is 13.0 Å². The average Bonchev–Trinajstić information content (AvgIpc) is 3.20. The van der Waals surface area contributed by atoms with E-state index in [1.165, 1.54) is 17.8 Å². The van der Waals surface area contributed by atoms with Gasteiger partial charge in [-0.1, -0.05) is 25.5 Å². The van der Waals surface area contributed by atoms with Gasteiger partial charge in [0.05, 0.1) is 16.7 Å². The summed E-state index contributed by atoms with van der Waals surface area (Å²) in [6.07, 6.45) is 4.93. The average molecular weight is 330 g/mol. The molecule has 1 atom stereocenters. The fourth-order valence-corrected chi connectivity index (χ4v) is 3.50. The van der Waals surface area contributed by atoms with Gasteiger partial charge < -0.3 is 10.1 Å². The lowest BCUT2D eigenvalue weighted by Crippen LogP contribution is -2.18. The molecular weight excluding hydrogens is 308 g/mol. The number of hydrogen-bond donors (Lipinski definition) is 1. The van der Waals surface area contributed by atoms with Crippen molar-refractivity contribution in [3.8, 4) is 5.75 Å². The number of aromatic nitrogens is 1. The second-order valence-electron chi connectivity index (χ2n) is 5.85. The van der Waals surface area contributed by atoms with Gasteiger partial charge in [-0.3, -0.25) is 4.79 Å². The highest BCUT2D eigenvalue weighted by molar-refractivity contribution is 7.09. The number of nitrogens with one attached hydrogen (secondary N) is 1. The second-order valence-corrected chi connectivity index (χ2v) is 6.80. The molecule has 1 fully saturated rings. The molecule has 2 heterocycles. The number of benzene rings is 1. The summed E-state index contributed by atoms with van der Waals surface area (Å²) in [4.78, 5) is 15.9. The third-order valence-electron chi connectivity index (χ3n) is 4.01. The Morgan fingerprint density at radius 3 is 2.87 bits per heavy atom. The smallest absolute Gasteiger partial charge is 0.220 e. The molecule has 4 nitrogen and oxygen atoms in total. The number of thiazole rings is 1. The Morgan fingerprint density at radius 2 is 2.17 bits per heavy atom. The minimum absolute atomic E-state index is 0.137. The molecule has 0 aliphatic carbocycles. The van der Waals surface area contributed by atoms with Gasteiger partial charge in [-0.2, -0.15) is 0 Å². The first-order valence-corrected chi connectivity index (χ1v) is 9.08. The van der Waals surface area contributed by atoms with E-state index in [1.54, 1.807) is 11.3 Å². The molecular formula is C18H22N2O2S. The Kier molecular flexibility index (Phi) is 5.28. The van der Waals surface area contributed by atoms with E-state index in [0.717, 1.165) is 29.8 Å². The van der Waals surface area contributed by atoms with Gasteiger partial charge in [-0.15, -0.1) is 11.3 Å². The first-order valence-electron chi connectivity index (χ1n) is 8.20. The number of ether oxygens (including phenoxy) is 1. The molecule has 23 heavy (non-hydrogen) atoms. The standard InChI is InChI=1S/C18H22N2O2S/c1-2-3-4-18-19-14(12-23-18)11-22-15-7-5-13(6-8-15)16-9-10-17(21)20-16/h5-8,12,16H,2-4,9-11H2,1H3,(H,20,21). The summed E-state index contributed by atoms with van der Waals surface area (Å²) in [6, 6.07) is 8.13. The Bertz CT molecular complexity index is 651. The number of unbranched alkanes of at least 4 members (excludes halogenated alkanes) is 1. The topological polar surface area (TPSA) is 51.2 Å². The lowest BCUT2D eigenvalue weighted by molar-refractivity contribution is -0.119. The van der Waals surface area contributed by atoms with Crippen molar-refractivity contribution in [1.29, 1.82) is 0 Å². The van der Waals surface area contributed by atoms with Crippen molar-refractivity contribution in [2.75, 3.05) is 0 Å². The Labute approximate surface area is 140 Å². The zero-order chi connectivity index (χ0) is 16.1. The van der Waals surface area contributed by atoms with Crippen molar-refractivity contribution in [3.05, 3.63) is 45.9 Å². The third-order valence-corrected chi connectivity index (χ3v) is 4.97. The quantitative estimate of drug-likeness (QED) is 0.834. The van der Waals surface area contributed by atoms with Gasteiger partial charge in [0.15, 0.2) is 0 Å². The van der Waals surface area contributed by atoms with E-state index in [4.69, 9.17) is 4.74 Å². The van der Waals surface area contributed by atoms with Crippen LogP contribution in [0.2, 0.25) is 0 Å². The Balaban J connectivity index is 1.52. The predicted octanol–water partition coefficient (Wildman–Crippen LogP) is 4.02. The van der Waals surface area contributed by atoms with Gasteiger partial charge in [-0.05, 0) is 37.0 Å². The Hall–Kier alpha value is -1.88. The van der Waals surface area contributed by atoms with Gasteiger partial charge >= 0.3 is 0 Å². The maximum atomic E-state index is 11.3. The molecule has 0 radical (unpaired) electrons. The molecule has 0 saturated carbocycles. The van der Waals surface area contributed by atoms with Crippen molar-refractivity contribution in [2.45, 2.75) is 51.7 Å². The van der Waals surface area contributed by atoms with E-state index in [1.807, 2.05) is 24.3 Å². The zero-order valence-corrected chi connectivity index (χ0v) is 14.2. The molecule has 1 unspecified atom stereocenters. The second kappa shape index (κ2) is 7.59. The first kappa shape index (κ1) is 16.0. The van der Waals surface area contributed by atoms with Crippen LogP contribution in [0, 0.1) is 0 Å². The van der Waals surface area contributed by atoms with Crippen molar-refractivity contribution < 1.29 is 9.53 Å². The molecule has 1 aliphatic rings. The van der Waals surface area contributed by atoms with E-state index in [2.05, 4.69) is 22.6 Å².